The van der Waals surface area contributed by atoms with Gasteiger partial charge in [-0.25, -0.2) is 10.3 Å². The van der Waals surface area contributed by atoms with E-state index in [0.29, 0.717) is 19.6 Å². The summed E-state index contributed by atoms with van der Waals surface area (Å²) in [5, 5.41) is 2.92. The first-order valence-corrected chi connectivity index (χ1v) is 8.84. The second kappa shape index (κ2) is 9.94. The molecule has 1 atom stereocenters. The van der Waals surface area contributed by atoms with Gasteiger partial charge in [0.15, 0.2) is 0 Å². The maximum absolute atomic E-state index is 12.1. The first kappa shape index (κ1) is 19.9. The molecule has 26 heavy (non-hydrogen) atoms. The minimum absolute atomic E-state index is 0.150. The minimum atomic E-state index is -0.529. The molecular formula is C21H28N2O3. The Hall–Kier alpha value is -2.37. The summed E-state index contributed by atoms with van der Waals surface area (Å²) in [5.41, 5.74) is 4.64. The predicted molar refractivity (Wildman–Crippen MR) is 103 cm³/mol. The Morgan fingerprint density at radius 2 is 1.54 bits per heavy atom. The quantitative estimate of drug-likeness (QED) is 0.557. The average molecular weight is 356 g/mol. The third kappa shape index (κ3) is 8.14. The third-order valence-corrected chi connectivity index (χ3v) is 3.56. The fourth-order valence-electron chi connectivity index (χ4n) is 2.42. The monoisotopic (exact) mass is 356 g/mol. The SMILES string of the molecule is CC(C)(C)OC(=O)NC(CNOCc1ccccc1)Cc1ccccc1. The highest BCUT2D eigenvalue weighted by Crippen LogP contribution is 2.08. The van der Waals surface area contributed by atoms with E-state index < -0.39 is 11.7 Å². The normalized spacial score (nSPS) is 12.4. The van der Waals surface area contributed by atoms with Crippen LogP contribution in [0.1, 0.15) is 31.9 Å². The lowest BCUT2D eigenvalue weighted by Crippen LogP contribution is -2.45. The Kier molecular flexibility index (Phi) is 7.63. The van der Waals surface area contributed by atoms with Crippen molar-refractivity contribution < 1.29 is 14.4 Å². The molecule has 0 aliphatic heterocycles. The molecule has 2 aromatic carbocycles. The second-order valence-electron chi connectivity index (χ2n) is 7.16. The molecule has 0 aromatic heterocycles. The van der Waals surface area contributed by atoms with E-state index in [4.69, 9.17) is 9.57 Å². The number of alkyl carbamates (subject to hydrolysis) is 1. The van der Waals surface area contributed by atoms with Crippen molar-refractivity contribution >= 4 is 6.09 Å². The van der Waals surface area contributed by atoms with Crippen molar-refractivity contribution in [3.8, 4) is 0 Å². The molecule has 0 saturated carbocycles. The van der Waals surface area contributed by atoms with E-state index in [1.165, 1.54) is 0 Å². The summed E-state index contributed by atoms with van der Waals surface area (Å²) in [6, 6.07) is 19.8. The standard InChI is InChI=1S/C21H28N2O3/c1-21(2,3)26-20(24)23-19(14-17-10-6-4-7-11-17)15-22-25-16-18-12-8-5-9-13-18/h4-13,19,22H,14-16H2,1-3H3,(H,23,24). The summed E-state index contributed by atoms with van der Waals surface area (Å²) in [4.78, 5) is 17.6. The van der Waals surface area contributed by atoms with Crippen LogP contribution in [0.2, 0.25) is 0 Å². The molecule has 0 aliphatic carbocycles. The fraction of sp³-hybridized carbons (Fsp3) is 0.381. The van der Waals surface area contributed by atoms with E-state index in [2.05, 4.69) is 10.8 Å². The number of rotatable bonds is 8. The van der Waals surface area contributed by atoms with Gasteiger partial charge >= 0.3 is 6.09 Å². The molecule has 140 valence electrons. The molecule has 0 radical (unpaired) electrons. The number of amides is 1. The van der Waals surface area contributed by atoms with Crippen LogP contribution in [0.3, 0.4) is 0 Å². The van der Waals surface area contributed by atoms with E-state index >= 15 is 0 Å². The van der Waals surface area contributed by atoms with Gasteiger partial charge in [0.2, 0.25) is 0 Å². The number of hydroxylamine groups is 1. The number of nitrogens with one attached hydrogen (secondary N) is 2. The highest BCUT2D eigenvalue weighted by atomic mass is 16.6. The molecule has 0 saturated heterocycles. The predicted octanol–water partition coefficient (Wildman–Crippen LogP) is 3.84. The molecule has 2 rings (SSSR count). The van der Waals surface area contributed by atoms with E-state index in [0.717, 1.165) is 11.1 Å². The third-order valence-electron chi connectivity index (χ3n) is 3.56. The Bertz CT molecular complexity index is 654. The second-order valence-corrected chi connectivity index (χ2v) is 7.16. The summed E-state index contributed by atoms with van der Waals surface area (Å²) in [6.07, 6.45) is 0.255. The van der Waals surface area contributed by atoms with Gasteiger partial charge in [0.1, 0.15) is 5.60 Å². The molecule has 0 bridgehead atoms. The summed E-state index contributed by atoms with van der Waals surface area (Å²) in [6.45, 7) is 6.48. The fourth-order valence-corrected chi connectivity index (χ4v) is 2.42. The summed E-state index contributed by atoms with van der Waals surface area (Å²) in [5.74, 6) is 0. The number of benzene rings is 2. The maximum atomic E-state index is 12.1. The highest BCUT2D eigenvalue weighted by Gasteiger charge is 2.19. The number of ether oxygens (including phenoxy) is 1. The summed E-state index contributed by atoms with van der Waals surface area (Å²) >= 11 is 0. The zero-order valence-electron chi connectivity index (χ0n) is 15.7. The van der Waals surface area contributed by atoms with Gasteiger partial charge in [-0.1, -0.05) is 60.7 Å². The number of carbonyl (C=O) groups is 1. The summed E-state index contributed by atoms with van der Waals surface area (Å²) < 4.78 is 5.36. The van der Waals surface area contributed by atoms with Crippen molar-refractivity contribution in [2.45, 2.75) is 45.4 Å². The van der Waals surface area contributed by atoms with Crippen LogP contribution in [-0.2, 0) is 22.6 Å². The molecule has 5 nitrogen and oxygen atoms in total. The van der Waals surface area contributed by atoms with Crippen LogP contribution >= 0.6 is 0 Å². The van der Waals surface area contributed by atoms with Crippen molar-refractivity contribution in [1.82, 2.24) is 10.8 Å². The lowest BCUT2D eigenvalue weighted by molar-refractivity contribution is 0.0196. The Morgan fingerprint density at radius 1 is 0.962 bits per heavy atom. The zero-order valence-corrected chi connectivity index (χ0v) is 15.7. The van der Waals surface area contributed by atoms with Crippen LogP contribution in [0.4, 0.5) is 4.79 Å². The lowest BCUT2D eigenvalue weighted by atomic mass is 10.1. The first-order valence-electron chi connectivity index (χ1n) is 8.84. The molecule has 1 amide bonds. The zero-order chi connectivity index (χ0) is 18.8. The number of hydrogen-bond acceptors (Lipinski definition) is 4. The van der Waals surface area contributed by atoms with E-state index in [-0.39, 0.29) is 6.04 Å². The van der Waals surface area contributed by atoms with Gasteiger partial charge in [0, 0.05) is 6.54 Å². The maximum Gasteiger partial charge on any atom is 0.407 e. The lowest BCUT2D eigenvalue weighted by Gasteiger charge is -2.24. The van der Waals surface area contributed by atoms with Crippen molar-refractivity contribution in [3.63, 3.8) is 0 Å². The molecule has 0 fully saturated rings. The molecular weight excluding hydrogens is 328 g/mol. The van der Waals surface area contributed by atoms with Gasteiger partial charge in [-0.05, 0) is 38.3 Å². The summed E-state index contributed by atoms with van der Waals surface area (Å²) in [7, 11) is 0. The van der Waals surface area contributed by atoms with Gasteiger partial charge < -0.3 is 10.1 Å². The van der Waals surface area contributed by atoms with E-state index in [1.54, 1.807) is 0 Å². The van der Waals surface area contributed by atoms with Crippen molar-refractivity contribution in [2.75, 3.05) is 6.54 Å². The van der Waals surface area contributed by atoms with Crippen LogP contribution in [0.25, 0.3) is 0 Å². The van der Waals surface area contributed by atoms with Gasteiger partial charge in [0.05, 0.1) is 12.6 Å². The van der Waals surface area contributed by atoms with Crippen LogP contribution in [0, 0.1) is 0 Å². The van der Waals surface area contributed by atoms with Crippen molar-refractivity contribution in [1.29, 1.82) is 0 Å². The highest BCUT2D eigenvalue weighted by molar-refractivity contribution is 5.68. The van der Waals surface area contributed by atoms with Gasteiger partial charge in [0.25, 0.3) is 0 Å². The largest absolute Gasteiger partial charge is 0.444 e. The van der Waals surface area contributed by atoms with Gasteiger partial charge in [-0.3, -0.25) is 4.84 Å². The van der Waals surface area contributed by atoms with Gasteiger partial charge in [-0.15, -0.1) is 0 Å². The molecule has 0 heterocycles. The topological polar surface area (TPSA) is 59.6 Å². The van der Waals surface area contributed by atoms with Crippen LogP contribution in [0.5, 0.6) is 0 Å². The first-order chi connectivity index (χ1) is 12.4. The van der Waals surface area contributed by atoms with Crippen LogP contribution in [0.15, 0.2) is 60.7 Å². The van der Waals surface area contributed by atoms with E-state index in [1.807, 2.05) is 81.4 Å². The Labute approximate surface area is 155 Å². The van der Waals surface area contributed by atoms with Crippen LogP contribution < -0.4 is 10.8 Å². The van der Waals surface area contributed by atoms with E-state index in [9.17, 15) is 4.79 Å². The smallest absolute Gasteiger partial charge is 0.407 e. The Balaban J connectivity index is 1.86. The average Bonchev–Trinajstić information content (AvgIpc) is 2.59. The molecule has 0 aliphatic rings. The molecule has 2 aromatic rings. The number of hydrogen-bond donors (Lipinski definition) is 2. The minimum Gasteiger partial charge on any atom is -0.444 e. The van der Waals surface area contributed by atoms with Crippen molar-refractivity contribution in [3.05, 3.63) is 71.8 Å². The number of carbonyl (C=O) groups excluding carboxylic acids is 1. The van der Waals surface area contributed by atoms with Gasteiger partial charge in [-0.2, -0.15) is 0 Å². The molecule has 5 heteroatoms. The van der Waals surface area contributed by atoms with Crippen molar-refractivity contribution in [2.24, 2.45) is 0 Å². The molecule has 2 N–H and O–H groups in total. The van der Waals surface area contributed by atoms with Crippen LogP contribution in [-0.4, -0.2) is 24.3 Å². The molecule has 1 unspecified atom stereocenters. The molecule has 0 spiro atoms. The Morgan fingerprint density at radius 3 is 2.12 bits per heavy atom.